The number of nitrogens with zero attached hydrogens (tertiary/aromatic N) is 2. The van der Waals surface area contributed by atoms with Gasteiger partial charge >= 0.3 is 0 Å². The first-order valence-electron chi connectivity index (χ1n) is 5.77. The van der Waals surface area contributed by atoms with Crippen LogP contribution in [0.1, 0.15) is 12.5 Å². The molecule has 0 aliphatic heterocycles. The van der Waals surface area contributed by atoms with Gasteiger partial charge in [0.2, 0.25) is 0 Å². The SMILES string of the molecule is CCOc1ccccc1CNC(=NC)N(C)C. The summed E-state index contributed by atoms with van der Waals surface area (Å²) >= 11 is 0. The van der Waals surface area contributed by atoms with E-state index in [1.165, 1.54) is 0 Å². The zero-order chi connectivity index (χ0) is 12.7. The van der Waals surface area contributed by atoms with Crippen LogP contribution in [0, 0.1) is 0 Å². The second-order valence-electron chi connectivity index (χ2n) is 3.84. The molecule has 0 aliphatic carbocycles. The summed E-state index contributed by atoms with van der Waals surface area (Å²) in [5.74, 6) is 1.79. The second kappa shape index (κ2) is 6.78. The van der Waals surface area contributed by atoms with E-state index < -0.39 is 0 Å². The van der Waals surface area contributed by atoms with Crippen molar-refractivity contribution >= 4 is 5.96 Å². The number of rotatable bonds is 4. The first kappa shape index (κ1) is 13.4. The van der Waals surface area contributed by atoms with E-state index in [0.29, 0.717) is 13.2 Å². The normalized spacial score (nSPS) is 11.2. The molecule has 1 aromatic carbocycles. The van der Waals surface area contributed by atoms with Crippen LogP contribution in [0.4, 0.5) is 0 Å². The number of nitrogens with one attached hydrogen (secondary N) is 1. The molecule has 1 N–H and O–H groups in total. The molecule has 94 valence electrons. The third-order valence-electron chi connectivity index (χ3n) is 2.34. The summed E-state index contributed by atoms with van der Waals surface area (Å²) < 4.78 is 5.57. The van der Waals surface area contributed by atoms with Gasteiger partial charge < -0.3 is 15.0 Å². The van der Waals surface area contributed by atoms with E-state index in [2.05, 4.69) is 16.4 Å². The van der Waals surface area contributed by atoms with Crippen molar-refractivity contribution in [2.24, 2.45) is 4.99 Å². The Kier molecular flexibility index (Phi) is 5.33. The van der Waals surface area contributed by atoms with E-state index in [0.717, 1.165) is 17.3 Å². The summed E-state index contributed by atoms with van der Waals surface area (Å²) in [5.41, 5.74) is 1.14. The van der Waals surface area contributed by atoms with Crippen LogP contribution < -0.4 is 10.1 Å². The second-order valence-corrected chi connectivity index (χ2v) is 3.84. The van der Waals surface area contributed by atoms with Crippen LogP contribution >= 0.6 is 0 Å². The minimum Gasteiger partial charge on any atom is -0.494 e. The Hall–Kier alpha value is -1.71. The number of hydrogen-bond acceptors (Lipinski definition) is 2. The van der Waals surface area contributed by atoms with Gasteiger partial charge in [0.15, 0.2) is 5.96 Å². The van der Waals surface area contributed by atoms with Crippen LogP contribution in [0.25, 0.3) is 0 Å². The molecular weight excluding hydrogens is 214 g/mol. The molecule has 0 saturated heterocycles. The van der Waals surface area contributed by atoms with Crippen molar-refractivity contribution in [1.29, 1.82) is 0 Å². The van der Waals surface area contributed by atoms with Crippen molar-refractivity contribution in [3.63, 3.8) is 0 Å². The minimum atomic E-state index is 0.680. The molecule has 0 fully saturated rings. The maximum Gasteiger partial charge on any atom is 0.193 e. The van der Waals surface area contributed by atoms with Gasteiger partial charge in [0, 0.05) is 33.3 Å². The molecule has 0 bridgehead atoms. The van der Waals surface area contributed by atoms with Crippen molar-refractivity contribution in [3.05, 3.63) is 29.8 Å². The molecule has 0 aromatic heterocycles. The van der Waals surface area contributed by atoms with Crippen LogP contribution in [-0.2, 0) is 6.54 Å². The van der Waals surface area contributed by atoms with Crippen molar-refractivity contribution in [2.75, 3.05) is 27.7 Å². The predicted molar refractivity (Wildman–Crippen MR) is 71.5 cm³/mol. The molecule has 1 rings (SSSR count). The zero-order valence-electron chi connectivity index (χ0n) is 11.0. The Morgan fingerprint density at radius 2 is 2.06 bits per heavy atom. The number of ether oxygens (including phenoxy) is 1. The molecule has 0 heterocycles. The Labute approximate surface area is 103 Å². The number of para-hydroxylation sites is 1. The molecule has 0 atom stereocenters. The van der Waals surface area contributed by atoms with E-state index in [1.54, 1.807) is 7.05 Å². The topological polar surface area (TPSA) is 36.9 Å². The summed E-state index contributed by atoms with van der Waals surface area (Å²) in [7, 11) is 5.70. The Morgan fingerprint density at radius 3 is 2.65 bits per heavy atom. The highest BCUT2D eigenvalue weighted by molar-refractivity contribution is 5.79. The maximum absolute atomic E-state index is 5.57. The number of benzene rings is 1. The fourth-order valence-corrected chi connectivity index (χ4v) is 1.56. The van der Waals surface area contributed by atoms with Gasteiger partial charge in [-0.15, -0.1) is 0 Å². The predicted octanol–water partition coefficient (Wildman–Crippen LogP) is 1.72. The lowest BCUT2D eigenvalue weighted by Gasteiger charge is -2.18. The molecule has 0 spiro atoms. The number of guanidine groups is 1. The van der Waals surface area contributed by atoms with Crippen LogP contribution in [-0.4, -0.2) is 38.6 Å². The molecule has 17 heavy (non-hydrogen) atoms. The van der Waals surface area contributed by atoms with Gasteiger partial charge in [-0.25, -0.2) is 0 Å². The molecular formula is C13H21N3O. The number of hydrogen-bond donors (Lipinski definition) is 1. The summed E-state index contributed by atoms with van der Waals surface area (Å²) in [6, 6.07) is 8.03. The third-order valence-corrected chi connectivity index (χ3v) is 2.34. The molecule has 0 saturated carbocycles. The average Bonchev–Trinajstić information content (AvgIpc) is 2.32. The summed E-state index contributed by atoms with van der Waals surface area (Å²) in [6.45, 7) is 3.38. The van der Waals surface area contributed by atoms with Gasteiger partial charge in [-0.05, 0) is 13.0 Å². The fourth-order valence-electron chi connectivity index (χ4n) is 1.56. The van der Waals surface area contributed by atoms with E-state index in [9.17, 15) is 0 Å². The molecule has 4 heteroatoms. The lowest BCUT2D eigenvalue weighted by Crippen LogP contribution is -2.35. The van der Waals surface area contributed by atoms with Gasteiger partial charge in [0.25, 0.3) is 0 Å². The van der Waals surface area contributed by atoms with Crippen molar-refractivity contribution < 1.29 is 4.74 Å². The van der Waals surface area contributed by atoms with Crippen LogP contribution in [0.15, 0.2) is 29.3 Å². The van der Waals surface area contributed by atoms with E-state index in [1.807, 2.05) is 44.1 Å². The van der Waals surface area contributed by atoms with Crippen LogP contribution in [0.5, 0.6) is 5.75 Å². The Bertz CT molecular complexity index is 375. The summed E-state index contributed by atoms with van der Waals surface area (Å²) in [4.78, 5) is 6.12. The molecule has 0 amide bonds. The highest BCUT2D eigenvalue weighted by Crippen LogP contribution is 2.17. The summed E-state index contributed by atoms with van der Waals surface area (Å²) in [6.07, 6.45) is 0. The lowest BCUT2D eigenvalue weighted by atomic mass is 10.2. The third kappa shape index (κ3) is 3.98. The van der Waals surface area contributed by atoms with Gasteiger partial charge in [0.05, 0.1) is 6.61 Å². The first-order valence-corrected chi connectivity index (χ1v) is 5.77. The van der Waals surface area contributed by atoms with Crippen molar-refractivity contribution in [1.82, 2.24) is 10.2 Å². The van der Waals surface area contributed by atoms with Gasteiger partial charge in [-0.3, -0.25) is 4.99 Å². The van der Waals surface area contributed by atoms with Crippen molar-refractivity contribution in [3.8, 4) is 5.75 Å². The Morgan fingerprint density at radius 1 is 1.35 bits per heavy atom. The smallest absolute Gasteiger partial charge is 0.193 e. The highest BCUT2D eigenvalue weighted by atomic mass is 16.5. The van der Waals surface area contributed by atoms with E-state index in [-0.39, 0.29) is 0 Å². The highest BCUT2D eigenvalue weighted by Gasteiger charge is 2.04. The standard InChI is InChI=1S/C13H21N3O/c1-5-17-12-9-7-6-8-11(12)10-15-13(14-2)16(3)4/h6-9H,5,10H2,1-4H3,(H,14,15). The quantitative estimate of drug-likeness (QED) is 0.638. The molecule has 1 aromatic rings. The lowest BCUT2D eigenvalue weighted by molar-refractivity contribution is 0.336. The zero-order valence-corrected chi connectivity index (χ0v) is 11.0. The largest absolute Gasteiger partial charge is 0.494 e. The van der Waals surface area contributed by atoms with Gasteiger partial charge in [0.1, 0.15) is 5.75 Å². The monoisotopic (exact) mass is 235 g/mol. The number of aliphatic imine (C=N–C) groups is 1. The minimum absolute atomic E-state index is 0.680. The molecule has 4 nitrogen and oxygen atoms in total. The molecule has 0 unspecified atom stereocenters. The van der Waals surface area contributed by atoms with Crippen LogP contribution in [0.3, 0.4) is 0 Å². The summed E-state index contributed by atoms with van der Waals surface area (Å²) in [5, 5.41) is 3.28. The van der Waals surface area contributed by atoms with E-state index in [4.69, 9.17) is 4.74 Å². The van der Waals surface area contributed by atoms with Gasteiger partial charge in [-0.1, -0.05) is 18.2 Å². The first-order chi connectivity index (χ1) is 8.19. The Balaban J connectivity index is 2.68. The van der Waals surface area contributed by atoms with E-state index >= 15 is 0 Å². The molecule has 0 radical (unpaired) electrons. The van der Waals surface area contributed by atoms with Crippen LogP contribution in [0.2, 0.25) is 0 Å². The van der Waals surface area contributed by atoms with Gasteiger partial charge in [-0.2, -0.15) is 0 Å². The molecule has 0 aliphatic rings. The fraction of sp³-hybridized carbons (Fsp3) is 0.462. The average molecular weight is 235 g/mol. The van der Waals surface area contributed by atoms with Crippen molar-refractivity contribution in [2.45, 2.75) is 13.5 Å². The maximum atomic E-state index is 5.57.